The number of amides is 1. The topological polar surface area (TPSA) is 55.1 Å². The van der Waals surface area contributed by atoms with Crippen molar-refractivity contribution in [1.82, 2.24) is 5.32 Å². The lowest BCUT2D eigenvalue weighted by molar-refractivity contribution is -0.124. The van der Waals surface area contributed by atoms with Gasteiger partial charge in [-0.15, -0.1) is 0 Å². The van der Waals surface area contributed by atoms with Crippen LogP contribution in [0.5, 0.6) is 0 Å². The summed E-state index contributed by atoms with van der Waals surface area (Å²) >= 11 is 0. The van der Waals surface area contributed by atoms with Crippen molar-refractivity contribution in [3.05, 3.63) is 0 Å². The first-order valence-corrected chi connectivity index (χ1v) is 4.65. The molecule has 3 heteroatoms. The van der Waals surface area contributed by atoms with Gasteiger partial charge < -0.3 is 11.1 Å². The number of hydrogen-bond donors (Lipinski definition) is 2. The van der Waals surface area contributed by atoms with Gasteiger partial charge in [0.1, 0.15) is 0 Å². The maximum absolute atomic E-state index is 11.3. The third-order valence-corrected chi connectivity index (χ3v) is 2.34. The maximum Gasteiger partial charge on any atom is 0.222 e. The number of carbonyl (C=O) groups is 1. The van der Waals surface area contributed by atoms with E-state index in [0.717, 1.165) is 19.3 Å². The van der Waals surface area contributed by atoms with Crippen LogP contribution in [-0.2, 0) is 4.79 Å². The van der Waals surface area contributed by atoms with Crippen molar-refractivity contribution in [1.29, 1.82) is 0 Å². The molecule has 0 heterocycles. The van der Waals surface area contributed by atoms with E-state index in [1.807, 2.05) is 13.8 Å². The highest BCUT2D eigenvalue weighted by Gasteiger charge is 2.23. The highest BCUT2D eigenvalue weighted by atomic mass is 16.1. The van der Waals surface area contributed by atoms with Crippen molar-refractivity contribution in [3.63, 3.8) is 0 Å². The van der Waals surface area contributed by atoms with Crippen LogP contribution in [-0.4, -0.2) is 18.0 Å². The molecule has 1 aliphatic rings. The van der Waals surface area contributed by atoms with E-state index in [4.69, 9.17) is 5.73 Å². The first kappa shape index (κ1) is 9.52. The molecule has 3 N–H and O–H groups in total. The standard InChI is InChI=1S/C9H18N2O/c1-6(2)9(12)11-8-4-3-7(10)5-8/h6-8H,3-5,10H2,1-2H3,(H,11,12)/t7-,8+/m0/s1. The third-order valence-electron chi connectivity index (χ3n) is 2.34. The smallest absolute Gasteiger partial charge is 0.222 e. The minimum absolute atomic E-state index is 0.0850. The molecular formula is C9H18N2O. The van der Waals surface area contributed by atoms with Crippen molar-refractivity contribution in [2.45, 2.75) is 45.2 Å². The molecule has 12 heavy (non-hydrogen) atoms. The minimum Gasteiger partial charge on any atom is -0.353 e. The Morgan fingerprint density at radius 1 is 1.50 bits per heavy atom. The summed E-state index contributed by atoms with van der Waals surface area (Å²) in [5.74, 6) is 0.232. The second kappa shape index (κ2) is 3.90. The van der Waals surface area contributed by atoms with Gasteiger partial charge in [-0.05, 0) is 19.3 Å². The lowest BCUT2D eigenvalue weighted by Crippen LogP contribution is -2.36. The van der Waals surface area contributed by atoms with Crippen LogP contribution in [0.1, 0.15) is 33.1 Å². The largest absolute Gasteiger partial charge is 0.353 e. The number of carbonyl (C=O) groups excluding carboxylic acids is 1. The van der Waals surface area contributed by atoms with Gasteiger partial charge in [0, 0.05) is 18.0 Å². The Balaban J connectivity index is 2.28. The first-order valence-electron chi connectivity index (χ1n) is 4.65. The highest BCUT2D eigenvalue weighted by Crippen LogP contribution is 2.17. The zero-order chi connectivity index (χ0) is 9.14. The van der Waals surface area contributed by atoms with Gasteiger partial charge in [0.2, 0.25) is 5.91 Å². The first-order chi connectivity index (χ1) is 5.59. The molecule has 0 aliphatic heterocycles. The molecule has 1 rings (SSSR count). The average molecular weight is 170 g/mol. The normalized spacial score (nSPS) is 29.3. The Bertz CT molecular complexity index is 168. The van der Waals surface area contributed by atoms with Crippen LogP contribution in [0.3, 0.4) is 0 Å². The second-order valence-corrected chi connectivity index (χ2v) is 3.93. The third kappa shape index (κ3) is 2.48. The molecule has 1 amide bonds. The van der Waals surface area contributed by atoms with E-state index in [-0.39, 0.29) is 11.8 Å². The van der Waals surface area contributed by atoms with Crippen molar-refractivity contribution in [2.75, 3.05) is 0 Å². The van der Waals surface area contributed by atoms with Crippen molar-refractivity contribution in [3.8, 4) is 0 Å². The van der Waals surface area contributed by atoms with E-state index in [2.05, 4.69) is 5.32 Å². The number of nitrogens with two attached hydrogens (primary N) is 1. The Morgan fingerprint density at radius 3 is 2.58 bits per heavy atom. The van der Waals surface area contributed by atoms with Crippen molar-refractivity contribution in [2.24, 2.45) is 11.7 Å². The summed E-state index contributed by atoms with van der Waals surface area (Å²) in [5, 5.41) is 2.99. The maximum atomic E-state index is 11.3. The lowest BCUT2D eigenvalue weighted by Gasteiger charge is -2.13. The SMILES string of the molecule is CC(C)C(=O)N[C@@H]1CC[C@H](N)C1. The summed E-state index contributed by atoms with van der Waals surface area (Å²) in [4.78, 5) is 11.3. The number of rotatable bonds is 2. The van der Waals surface area contributed by atoms with E-state index in [9.17, 15) is 4.79 Å². The Hall–Kier alpha value is -0.570. The molecular weight excluding hydrogens is 152 g/mol. The van der Waals surface area contributed by atoms with Crippen LogP contribution < -0.4 is 11.1 Å². The number of hydrogen-bond acceptors (Lipinski definition) is 2. The Morgan fingerprint density at radius 2 is 2.17 bits per heavy atom. The van der Waals surface area contributed by atoms with Gasteiger partial charge in [-0.3, -0.25) is 4.79 Å². The van der Waals surface area contributed by atoms with Crippen LogP contribution >= 0.6 is 0 Å². The fraction of sp³-hybridized carbons (Fsp3) is 0.889. The van der Waals surface area contributed by atoms with Crippen LogP contribution in [0.15, 0.2) is 0 Å². The minimum atomic E-state index is 0.0850. The Labute approximate surface area is 73.7 Å². The molecule has 0 aromatic carbocycles. The molecule has 70 valence electrons. The van der Waals surface area contributed by atoms with Crippen LogP contribution in [0.2, 0.25) is 0 Å². The predicted octanol–water partition coefficient (Wildman–Crippen LogP) is 0.638. The monoisotopic (exact) mass is 170 g/mol. The molecule has 3 nitrogen and oxygen atoms in total. The van der Waals surface area contributed by atoms with Crippen molar-refractivity contribution >= 4 is 5.91 Å². The zero-order valence-corrected chi connectivity index (χ0v) is 7.84. The van der Waals surface area contributed by atoms with Gasteiger partial charge in [-0.2, -0.15) is 0 Å². The van der Waals surface area contributed by atoms with E-state index in [1.165, 1.54) is 0 Å². The van der Waals surface area contributed by atoms with E-state index < -0.39 is 0 Å². The molecule has 1 fully saturated rings. The van der Waals surface area contributed by atoms with E-state index in [0.29, 0.717) is 12.1 Å². The summed E-state index contributed by atoms with van der Waals surface area (Å²) < 4.78 is 0. The van der Waals surface area contributed by atoms with Crippen LogP contribution in [0.4, 0.5) is 0 Å². The second-order valence-electron chi connectivity index (χ2n) is 3.93. The van der Waals surface area contributed by atoms with Gasteiger partial charge >= 0.3 is 0 Å². The molecule has 0 bridgehead atoms. The molecule has 2 atom stereocenters. The fourth-order valence-electron chi connectivity index (χ4n) is 1.52. The molecule has 0 spiro atoms. The van der Waals surface area contributed by atoms with Crippen molar-refractivity contribution < 1.29 is 4.79 Å². The Kier molecular flexibility index (Phi) is 3.09. The zero-order valence-electron chi connectivity index (χ0n) is 7.84. The highest BCUT2D eigenvalue weighted by molar-refractivity contribution is 5.78. The molecule has 0 unspecified atom stereocenters. The van der Waals surface area contributed by atoms with Crippen LogP contribution in [0, 0.1) is 5.92 Å². The van der Waals surface area contributed by atoms with Crippen LogP contribution in [0.25, 0.3) is 0 Å². The van der Waals surface area contributed by atoms with Gasteiger partial charge in [0.05, 0.1) is 0 Å². The van der Waals surface area contributed by atoms with E-state index in [1.54, 1.807) is 0 Å². The predicted molar refractivity (Wildman–Crippen MR) is 48.6 cm³/mol. The molecule has 0 saturated heterocycles. The summed E-state index contributed by atoms with van der Waals surface area (Å²) in [7, 11) is 0. The summed E-state index contributed by atoms with van der Waals surface area (Å²) in [6, 6.07) is 0.623. The van der Waals surface area contributed by atoms with Gasteiger partial charge in [-0.25, -0.2) is 0 Å². The van der Waals surface area contributed by atoms with Gasteiger partial charge in [0.15, 0.2) is 0 Å². The molecule has 0 aromatic heterocycles. The lowest BCUT2D eigenvalue weighted by atomic mass is 10.1. The molecule has 1 saturated carbocycles. The fourth-order valence-corrected chi connectivity index (χ4v) is 1.52. The summed E-state index contributed by atoms with van der Waals surface area (Å²) in [6.45, 7) is 3.81. The summed E-state index contributed by atoms with van der Waals surface area (Å²) in [5.41, 5.74) is 5.73. The molecule has 1 aliphatic carbocycles. The van der Waals surface area contributed by atoms with E-state index >= 15 is 0 Å². The van der Waals surface area contributed by atoms with Gasteiger partial charge in [-0.1, -0.05) is 13.8 Å². The quantitative estimate of drug-likeness (QED) is 0.639. The number of nitrogens with one attached hydrogen (secondary N) is 1. The van der Waals surface area contributed by atoms with Gasteiger partial charge in [0.25, 0.3) is 0 Å². The summed E-state index contributed by atoms with van der Waals surface area (Å²) in [6.07, 6.45) is 3.03. The average Bonchev–Trinajstić information content (AvgIpc) is 2.35. The molecule has 0 aromatic rings. The molecule has 0 radical (unpaired) electrons.